The third kappa shape index (κ3) is 3.00. The molecule has 1 heterocycles. The summed E-state index contributed by atoms with van der Waals surface area (Å²) < 4.78 is 0. The SMILES string of the molecule is N#Cc1csc(CNc2ccc(O)cc2[N+](=O)[O-])c1. The molecule has 0 aliphatic carbocycles. The number of rotatable bonds is 4. The summed E-state index contributed by atoms with van der Waals surface area (Å²) in [4.78, 5) is 11.2. The first-order chi connectivity index (χ1) is 9.10. The van der Waals surface area contributed by atoms with Crippen molar-refractivity contribution in [2.45, 2.75) is 6.54 Å². The average molecular weight is 275 g/mol. The Morgan fingerprint density at radius 2 is 2.26 bits per heavy atom. The van der Waals surface area contributed by atoms with Gasteiger partial charge in [-0.3, -0.25) is 10.1 Å². The number of phenols is 1. The van der Waals surface area contributed by atoms with Crippen LogP contribution in [0.25, 0.3) is 0 Å². The van der Waals surface area contributed by atoms with Crippen molar-refractivity contribution in [1.29, 1.82) is 5.26 Å². The molecule has 0 aliphatic rings. The molecule has 0 unspecified atom stereocenters. The maximum Gasteiger partial charge on any atom is 0.296 e. The molecule has 0 saturated heterocycles. The second-order valence-corrected chi connectivity index (χ2v) is 4.72. The Labute approximate surface area is 112 Å². The molecule has 0 fully saturated rings. The van der Waals surface area contributed by atoms with Gasteiger partial charge in [0.05, 0.1) is 16.6 Å². The average Bonchev–Trinajstić information content (AvgIpc) is 2.85. The van der Waals surface area contributed by atoms with Gasteiger partial charge in [0.15, 0.2) is 0 Å². The van der Waals surface area contributed by atoms with Crippen LogP contribution in [-0.4, -0.2) is 10.0 Å². The summed E-state index contributed by atoms with van der Waals surface area (Å²) in [6, 6.07) is 7.67. The second kappa shape index (κ2) is 5.37. The molecule has 2 rings (SSSR count). The predicted molar refractivity (Wildman–Crippen MR) is 71.1 cm³/mol. The van der Waals surface area contributed by atoms with Crippen molar-refractivity contribution < 1.29 is 10.0 Å². The largest absolute Gasteiger partial charge is 0.508 e. The van der Waals surface area contributed by atoms with Gasteiger partial charge in [-0.25, -0.2) is 0 Å². The van der Waals surface area contributed by atoms with Crippen LogP contribution in [0.2, 0.25) is 0 Å². The van der Waals surface area contributed by atoms with Crippen LogP contribution in [0.3, 0.4) is 0 Å². The lowest BCUT2D eigenvalue weighted by Gasteiger charge is -2.05. The fraction of sp³-hybridized carbons (Fsp3) is 0.0833. The molecule has 1 aromatic heterocycles. The monoisotopic (exact) mass is 275 g/mol. The number of aromatic hydroxyl groups is 1. The second-order valence-electron chi connectivity index (χ2n) is 3.73. The highest BCUT2D eigenvalue weighted by Gasteiger charge is 2.14. The van der Waals surface area contributed by atoms with Crippen LogP contribution in [0.5, 0.6) is 5.75 Å². The standard InChI is InChI=1S/C12H9N3O3S/c13-5-8-3-10(19-7-8)6-14-11-2-1-9(16)4-12(11)15(17)18/h1-4,7,14,16H,6H2. The Hall–Kier alpha value is -2.59. The molecule has 0 radical (unpaired) electrons. The van der Waals surface area contributed by atoms with E-state index in [4.69, 9.17) is 5.26 Å². The molecule has 6 nitrogen and oxygen atoms in total. The van der Waals surface area contributed by atoms with Gasteiger partial charge < -0.3 is 10.4 Å². The van der Waals surface area contributed by atoms with E-state index in [1.807, 2.05) is 6.07 Å². The van der Waals surface area contributed by atoms with E-state index < -0.39 is 4.92 Å². The van der Waals surface area contributed by atoms with Gasteiger partial charge in [-0.15, -0.1) is 11.3 Å². The lowest BCUT2D eigenvalue weighted by molar-refractivity contribution is -0.384. The van der Waals surface area contributed by atoms with Gasteiger partial charge in [-0.1, -0.05) is 0 Å². The first kappa shape index (κ1) is 12.9. The zero-order valence-corrected chi connectivity index (χ0v) is 10.5. The van der Waals surface area contributed by atoms with Crippen LogP contribution in [-0.2, 0) is 6.54 Å². The maximum absolute atomic E-state index is 10.8. The number of nitro groups is 1. The van der Waals surface area contributed by atoms with E-state index >= 15 is 0 Å². The first-order valence-electron chi connectivity index (χ1n) is 5.29. The summed E-state index contributed by atoms with van der Waals surface area (Å²) in [5.74, 6) is -0.153. The highest BCUT2D eigenvalue weighted by atomic mass is 32.1. The third-order valence-corrected chi connectivity index (χ3v) is 3.35. The van der Waals surface area contributed by atoms with Crippen molar-refractivity contribution in [2.24, 2.45) is 0 Å². The molecule has 96 valence electrons. The van der Waals surface area contributed by atoms with E-state index in [2.05, 4.69) is 5.32 Å². The zero-order chi connectivity index (χ0) is 13.8. The lowest BCUT2D eigenvalue weighted by atomic mass is 10.2. The molecule has 0 saturated carbocycles. The van der Waals surface area contributed by atoms with Crippen LogP contribution in [0.1, 0.15) is 10.4 Å². The number of nitro benzene ring substituents is 1. The van der Waals surface area contributed by atoms with E-state index in [1.165, 1.54) is 23.5 Å². The summed E-state index contributed by atoms with van der Waals surface area (Å²) in [5.41, 5.74) is 0.716. The number of anilines is 1. The van der Waals surface area contributed by atoms with E-state index in [0.29, 0.717) is 17.8 Å². The van der Waals surface area contributed by atoms with Crippen molar-refractivity contribution in [3.8, 4) is 11.8 Å². The molecular weight excluding hydrogens is 266 g/mol. The van der Waals surface area contributed by atoms with Crippen molar-refractivity contribution in [3.63, 3.8) is 0 Å². The number of hydrogen-bond donors (Lipinski definition) is 2. The van der Waals surface area contributed by atoms with Gasteiger partial charge in [0.2, 0.25) is 0 Å². The number of hydrogen-bond acceptors (Lipinski definition) is 6. The minimum atomic E-state index is -0.558. The Kier molecular flexibility index (Phi) is 3.63. The van der Waals surface area contributed by atoms with Gasteiger partial charge in [-0.05, 0) is 18.2 Å². The normalized spacial score (nSPS) is 9.84. The van der Waals surface area contributed by atoms with Crippen LogP contribution >= 0.6 is 11.3 Å². The molecule has 0 atom stereocenters. The summed E-state index contributed by atoms with van der Waals surface area (Å²) in [6.45, 7) is 0.387. The highest BCUT2D eigenvalue weighted by Crippen LogP contribution is 2.29. The van der Waals surface area contributed by atoms with Crippen molar-refractivity contribution >= 4 is 22.7 Å². The maximum atomic E-state index is 10.8. The molecule has 0 bridgehead atoms. The number of thiophene rings is 1. The smallest absolute Gasteiger partial charge is 0.296 e. The third-order valence-electron chi connectivity index (χ3n) is 2.41. The van der Waals surface area contributed by atoms with E-state index in [9.17, 15) is 15.2 Å². The molecule has 0 spiro atoms. The first-order valence-corrected chi connectivity index (χ1v) is 6.17. The lowest BCUT2D eigenvalue weighted by Crippen LogP contribution is -2.01. The van der Waals surface area contributed by atoms with Gasteiger partial charge in [0, 0.05) is 16.8 Å². The molecule has 1 aromatic carbocycles. The Morgan fingerprint density at radius 3 is 2.89 bits per heavy atom. The summed E-state index contributed by atoms with van der Waals surface area (Å²) >= 11 is 1.41. The van der Waals surface area contributed by atoms with Gasteiger partial charge >= 0.3 is 0 Å². The summed E-state index contributed by atoms with van der Waals surface area (Å²) in [6.07, 6.45) is 0. The van der Waals surface area contributed by atoms with Crippen LogP contribution in [0.15, 0.2) is 29.6 Å². The van der Waals surface area contributed by atoms with Crippen LogP contribution in [0, 0.1) is 21.4 Å². The number of benzene rings is 1. The van der Waals surface area contributed by atoms with Gasteiger partial charge in [0.1, 0.15) is 17.5 Å². The number of nitriles is 1. The summed E-state index contributed by atoms with van der Waals surface area (Å²) in [5, 5.41) is 33.4. The minimum absolute atomic E-state index is 0.153. The Morgan fingerprint density at radius 1 is 1.47 bits per heavy atom. The minimum Gasteiger partial charge on any atom is -0.508 e. The van der Waals surface area contributed by atoms with E-state index in [0.717, 1.165) is 10.9 Å². The fourth-order valence-electron chi connectivity index (χ4n) is 1.53. The molecule has 2 aromatic rings. The molecule has 2 N–H and O–H groups in total. The van der Waals surface area contributed by atoms with E-state index in [1.54, 1.807) is 11.4 Å². The number of nitrogens with zero attached hydrogens (tertiary/aromatic N) is 2. The van der Waals surface area contributed by atoms with E-state index in [-0.39, 0.29) is 11.4 Å². The molecule has 0 amide bonds. The topological polar surface area (TPSA) is 99.2 Å². The quantitative estimate of drug-likeness (QED) is 0.507. The number of phenolic OH excluding ortho intramolecular Hbond substituents is 1. The Balaban J connectivity index is 2.15. The van der Waals surface area contributed by atoms with Gasteiger partial charge in [0.25, 0.3) is 5.69 Å². The molecule has 0 aliphatic heterocycles. The zero-order valence-electron chi connectivity index (χ0n) is 9.66. The fourth-order valence-corrected chi connectivity index (χ4v) is 2.28. The number of nitrogens with one attached hydrogen (secondary N) is 1. The molecular formula is C12H9N3O3S. The Bertz CT molecular complexity index is 660. The van der Waals surface area contributed by atoms with Gasteiger partial charge in [-0.2, -0.15) is 5.26 Å². The summed E-state index contributed by atoms with van der Waals surface area (Å²) in [7, 11) is 0. The van der Waals surface area contributed by atoms with Crippen molar-refractivity contribution in [2.75, 3.05) is 5.32 Å². The van der Waals surface area contributed by atoms with Crippen molar-refractivity contribution in [1.82, 2.24) is 0 Å². The molecule has 19 heavy (non-hydrogen) atoms. The van der Waals surface area contributed by atoms with Crippen molar-refractivity contribution in [3.05, 3.63) is 50.2 Å². The van der Waals surface area contributed by atoms with Crippen LogP contribution < -0.4 is 5.32 Å². The highest BCUT2D eigenvalue weighted by molar-refractivity contribution is 7.10. The van der Waals surface area contributed by atoms with Crippen LogP contribution in [0.4, 0.5) is 11.4 Å². The predicted octanol–water partition coefficient (Wildman–Crippen LogP) is 2.85. The molecule has 7 heteroatoms.